The lowest BCUT2D eigenvalue weighted by Gasteiger charge is -2.09. The minimum Gasteiger partial charge on any atom is -0.386 e. The van der Waals surface area contributed by atoms with Crippen molar-refractivity contribution in [2.45, 2.75) is 25.9 Å². The van der Waals surface area contributed by atoms with Crippen molar-refractivity contribution in [2.24, 2.45) is 0 Å². The van der Waals surface area contributed by atoms with Crippen molar-refractivity contribution >= 4 is 11.3 Å². The first-order chi connectivity index (χ1) is 6.34. The molecule has 0 fully saturated rings. The summed E-state index contributed by atoms with van der Waals surface area (Å²) in [5, 5.41) is 14.9. The van der Waals surface area contributed by atoms with Gasteiger partial charge >= 0.3 is 0 Å². The summed E-state index contributed by atoms with van der Waals surface area (Å²) in [6.07, 6.45) is 2.04. The Hall–Kier alpha value is -0.380. The molecule has 1 rings (SSSR count). The van der Waals surface area contributed by atoms with Crippen LogP contribution in [0.3, 0.4) is 0 Å². The van der Waals surface area contributed by atoms with Crippen LogP contribution in [0.2, 0.25) is 0 Å². The Morgan fingerprint density at radius 3 is 3.08 bits per heavy atom. The maximum Gasteiger partial charge on any atom is 0.101 e. The van der Waals surface area contributed by atoms with E-state index in [1.165, 1.54) is 12.8 Å². The number of rotatable bonds is 6. The van der Waals surface area contributed by atoms with Crippen molar-refractivity contribution in [1.82, 2.24) is 5.32 Å². The molecule has 2 N–H and O–H groups in total. The topological polar surface area (TPSA) is 32.3 Å². The van der Waals surface area contributed by atoms with E-state index in [1.54, 1.807) is 11.3 Å². The fourth-order valence-corrected chi connectivity index (χ4v) is 1.83. The summed E-state index contributed by atoms with van der Waals surface area (Å²) < 4.78 is 0. The van der Waals surface area contributed by atoms with Crippen LogP contribution in [-0.2, 0) is 0 Å². The van der Waals surface area contributed by atoms with Crippen molar-refractivity contribution in [2.75, 3.05) is 13.1 Å². The van der Waals surface area contributed by atoms with E-state index in [-0.39, 0.29) is 6.10 Å². The van der Waals surface area contributed by atoms with E-state index in [4.69, 9.17) is 0 Å². The number of aliphatic hydroxyl groups is 1. The van der Waals surface area contributed by atoms with Crippen molar-refractivity contribution < 1.29 is 5.11 Å². The van der Waals surface area contributed by atoms with Crippen LogP contribution in [0.1, 0.15) is 30.7 Å². The zero-order valence-corrected chi connectivity index (χ0v) is 8.81. The minimum atomic E-state index is -0.336. The number of nitrogens with one attached hydrogen (secondary N) is 1. The van der Waals surface area contributed by atoms with E-state index in [2.05, 4.69) is 12.2 Å². The second kappa shape index (κ2) is 6.13. The third kappa shape index (κ3) is 3.89. The van der Waals surface area contributed by atoms with Crippen molar-refractivity contribution in [1.29, 1.82) is 0 Å². The van der Waals surface area contributed by atoms with Gasteiger partial charge < -0.3 is 10.4 Å². The molecule has 0 amide bonds. The van der Waals surface area contributed by atoms with E-state index in [9.17, 15) is 5.11 Å². The Morgan fingerprint density at radius 2 is 2.46 bits per heavy atom. The fraction of sp³-hybridized carbons (Fsp3) is 0.600. The third-order valence-electron chi connectivity index (χ3n) is 1.92. The summed E-state index contributed by atoms with van der Waals surface area (Å²) >= 11 is 1.60. The van der Waals surface area contributed by atoms with Crippen molar-refractivity contribution in [3.05, 3.63) is 22.4 Å². The highest BCUT2D eigenvalue weighted by atomic mass is 32.1. The lowest BCUT2D eigenvalue weighted by Crippen LogP contribution is -2.21. The van der Waals surface area contributed by atoms with Crippen LogP contribution in [0.15, 0.2) is 17.5 Å². The van der Waals surface area contributed by atoms with Crippen LogP contribution in [0.5, 0.6) is 0 Å². The average Bonchev–Trinajstić information content (AvgIpc) is 2.65. The minimum absolute atomic E-state index is 0.336. The van der Waals surface area contributed by atoms with Gasteiger partial charge in [0.15, 0.2) is 0 Å². The molecule has 0 aliphatic heterocycles. The Morgan fingerprint density at radius 1 is 1.62 bits per heavy atom. The summed E-state index contributed by atoms with van der Waals surface area (Å²) in [7, 11) is 0. The van der Waals surface area contributed by atoms with Crippen LogP contribution in [0.4, 0.5) is 0 Å². The van der Waals surface area contributed by atoms with Crippen molar-refractivity contribution in [3.8, 4) is 0 Å². The molecule has 1 heterocycles. The highest BCUT2D eigenvalue weighted by Gasteiger charge is 2.06. The van der Waals surface area contributed by atoms with Gasteiger partial charge in [-0.2, -0.15) is 0 Å². The molecule has 13 heavy (non-hydrogen) atoms. The maximum absolute atomic E-state index is 9.66. The molecule has 1 atom stereocenters. The Balaban J connectivity index is 2.15. The summed E-state index contributed by atoms with van der Waals surface area (Å²) in [6, 6.07) is 3.94. The molecule has 3 heteroatoms. The Bertz CT molecular complexity index is 211. The standard InChI is InChI=1S/C10H17NOS/c1-2-3-6-11-8-9(12)10-5-4-7-13-10/h4-5,7,9,11-12H,2-3,6,8H2,1H3. The third-order valence-corrected chi connectivity index (χ3v) is 2.89. The molecule has 1 unspecified atom stereocenters. The van der Waals surface area contributed by atoms with Gasteiger partial charge in [0.05, 0.1) is 0 Å². The van der Waals surface area contributed by atoms with E-state index < -0.39 is 0 Å². The van der Waals surface area contributed by atoms with Gasteiger partial charge in [-0.05, 0) is 24.4 Å². The molecule has 1 aromatic heterocycles. The number of aliphatic hydroxyl groups excluding tert-OH is 1. The van der Waals surface area contributed by atoms with Crippen LogP contribution >= 0.6 is 11.3 Å². The molecule has 0 saturated heterocycles. The van der Waals surface area contributed by atoms with E-state index >= 15 is 0 Å². The first-order valence-electron chi connectivity index (χ1n) is 4.76. The predicted molar refractivity (Wildman–Crippen MR) is 57.1 cm³/mol. The van der Waals surface area contributed by atoms with Gasteiger partial charge in [0, 0.05) is 11.4 Å². The second-order valence-corrected chi connectivity index (χ2v) is 4.07. The Labute approximate surface area is 83.6 Å². The lowest BCUT2D eigenvalue weighted by molar-refractivity contribution is 0.178. The van der Waals surface area contributed by atoms with Gasteiger partial charge in [-0.3, -0.25) is 0 Å². The molecule has 74 valence electrons. The summed E-state index contributed by atoms with van der Waals surface area (Å²) in [5.41, 5.74) is 0. The molecule has 0 aliphatic carbocycles. The molecule has 0 saturated carbocycles. The zero-order valence-electron chi connectivity index (χ0n) is 7.99. The van der Waals surface area contributed by atoms with Gasteiger partial charge in [0.25, 0.3) is 0 Å². The van der Waals surface area contributed by atoms with Gasteiger partial charge in [-0.15, -0.1) is 11.3 Å². The molecular weight excluding hydrogens is 182 g/mol. The quantitative estimate of drug-likeness (QED) is 0.688. The van der Waals surface area contributed by atoms with E-state index in [1.807, 2.05) is 17.5 Å². The normalized spacial score (nSPS) is 13.1. The average molecular weight is 199 g/mol. The van der Waals surface area contributed by atoms with Gasteiger partial charge in [0.1, 0.15) is 6.10 Å². The highest BCUT2D eigenvalue weighted by molar-refractivity contribution is 7.10. The predicted octanol–water partition coefficient (Wildman–Crippen LogP) is 2.17. The smallest absolute Gasteiger partial charge is 0.101 e. The Kier molecular flexibility index (Phi) is 5.05. The first-order valence-corrected chi connectivity index (χ1v) is 5.64. The molecule has 0 spiro atoms. The maximum atomic E-state index is 9.66. The molecule has 0 aromatic carbocycles. The van der Waals surface area contributed by atoms with Gasteiger partial charge in [-0.1, -0.05) is 19.4 Å². The number of thiophene rings is 1. The summed E-state index contributed by atoms with van der Waals surface area (Å²) in [4.78, 5) is 1.05. The van der Waals surface area contributed by atoms with E-state index in [0.29, 0.717) is 6.54 Å². The fourth-order valence-electron chi connectivity index (χ4n) is 1.12. The SMILES string of the molecule is CCCCNCC(O)c1cccs1. The monoisotopic (exact) mass is 199 g/mol. The molecule has 2 nitrogen and oxygen atoms in total. The molecule has 0 aliphatic rings. The van der Waals surface area contributed by atoms with Crippen LogP contribution < -0.4 is 5.32 Å². The summed E-state index contributed by atoms with van der Waals surface area (Å²) in [5.74, 6) is 0. The molecule has 1 aromatic rings. The number of hydrogen-bond donors (Lipinski definition) is 2. The van der Waals surface area contributed by atoms with Crippen molar-refractivity contribution in [3.63, 3.8) is 0 Å². The molecule has 0 bridgehead atoms. The first kappa shape index (κ1) is 10.7. The molecule has 0 radical (unpaired) electrons. The van der Waals surface area contributed by atoms with Gasteiger partial charge in [0.2, 0.25) is 0 Å². The van der Waals surface area contributed by atoms with Crippen LogP contribution in [0.25, 0.3) is 0 Å². The van der Waals surface area contributed by atoms with E-state index in [0.717, 1.165) is 11.4 Å². The molecular formula is C10H17NOS. The van der Waals surface area contributed by atoms with Gasteiger partial charge in [-0.25, -0.2) is 0 Å². The second-order valence-electron chi connectivity index (χ2n) is 3.09. The van der Waals surface area contributed by atoms with Crippen LogP contribution in [0, 0.1) is 0 Å². The zero-order chi connectivity index (χ0) is 9.52. The lowest BCUT2D eigenvalue weighted by atomic mass is 10.3. The number of hydrogen-bond acceptors (Lipinski definition) is 3. The number of unbranched alkanes of at least 4 members (excludes halogenated alkanes) is 1. The largest absolute Gasteiger partial charge is 0.386 e. The summed E-state index contributed by atoms with van der Waals surface area (Å²) in [6.45, 7) is 3.83. The highest BCUT2D eigenvalue weighted by Crippen LogP contribution is 2.17. The van der Waals surface area contributed by atoms with Crippen LogP contribution in [-0.4, -0.2) is 18.2 Å².